The number of nitrogens with zero attached hydrogens (tertiary/aromatic N) is 1. The van der Waals surface area contributed by atoms with E-state index >= 15 is 0 Å². The van der Waals surface area contributed by atoms with Crippen LogP contribution in [0.5, 0.6) is 5.75 Å². The number of carbonyl (C=O) groups is 1. The Morgan fingerprint density at radius 2 is 1.57 bits per heavy atom. The fourth-order valence-electron chi connectivity index (χ4n) is 2.20. The van der Waals surface area contributed by atoms with Gasteiger partial charge < -0.3 is 15.7 Å². The molecular weight excluding hydrogens is 264 g/mol. The topological polar surface area (TPSA) is 66.6 Å². The maximum atomic E-state index is 12.3. The highest BCUT2D eigenvalue weighted by Gasteiger charge is 2.13. The molecule has 0 spiro atoms. The molecule has 4 heteroatoms. The van der Waals surface area contributed by atoms with Crippen LogP contribution in [0.15, 0.2) is 48.5 Å². The zero-order valence-electron chi connectivity index (χ0n) is 12.1. The number of carbonyl (C=O) groups excluding carboxylic acids is 1. The third-order valence-electron chi connectivity index (χ3n) is 3.40. The zero-order valence-corrected chi connectivity index (χ0v) is 12.1. The molecule has 0 fully saturated rings. The molecule has 110 valence electrons. The van der Waals surface area contributed by atoms with Crippen LogP contribution in [0.25, 0.3) is 11.1 Å². The number of benzene rings is 2. The Hall–Kier alpha value is -2.33. The first kappa shape index (κ1) is 15.1. The van der Waals surface area contributed by atoms with E-state index in [1.807, 2.05) is 43.3 Å². The van der Waals surface area contributed by atoms with Crippen LogP contribution in [-0.4, -0.2) is 35.5 Å². The van der Waals surface area contributed by atoms with E-state index in [1.165, 1.54) is 0 Å². The lowest BCUT2D eigenvalue weighted by Crippen LogP contribution is -2.35. The van der Waals surface area contributed by atoms with Crippen molar-refractivity contribution in [3.05, 3.63) is 54.1 Å². The first-order chi connectivity index (χ1) is 10.2. The smallest absolute Gasteiger partial charge is 0.253 e. The number of rotatable bonds is 5. The van der Waals surface area contributed by atoms with Gasteiger partial charge in [0.05, 0.1) is 0 Å². The molecule has 1 amide bonds. The Labute approximate surface area is 124 Å². The van der Waals surface area contributed by atoms with E-state index in [0.717, 1.165) is 11.1 Å². The number of amides is 1. The molecule has 0 atom stereocenters. The van der Waals surface area contributed by atoms with Crippen LogP contribution >= 0.6 is 0 Å². The molecular formula is C17H20N2O2. The summed E-state index contributed by atoms with van der Waals surface area (Å²) in [4.78, 5) is 14.0. The van der Waals surface area contributed by atoms with E-state index in [0.29, 0.717) is 25.2 Å². The van der Waals surface area contributed by atoms with Crippen LogP contribution in [0.4, 0.5) is 0 Å². The molecule has 0 unspecified atom stereocenters. The lowest BCUT2D eigenvalue weighted by Gasteiger charge is -2.20. The largest absolute Gasteiger partial charge is 0.508 e. The normalized spacial score (nSPS) is 10.4. The Bertz CT molecular complexity index is 591. The second kappa shape index (κ2) is 6.90. The molecule has 0 saturated carbocycles. The van der Waals surface area contributed by atoms with Gasteiger partial charge in [0.1, 0.15) is 5.75 Å². The van der Waals surface area contributed by atoms with E-state index < -0.39 is 0 Å². The molecule has 4 nitrogen and oxygen atoms in total. The third kappa shape index (κ3) is 3.61. The Balaban J connectivity index is 2.18. The van der Waals surface area contributed by atoms with Crippen molar-refractivity contribution >= 4 is 5.91 Å². The lowest BCUT2D eigenvalue weighted by molar-refractivity contribution is 0.0769. The molecule has 0 heterocycles. The summed E-state index contributed by atoms with van der Waals surface area (Å²) in [5, 5.41) is 9.30. The Morgan fingerprint density at radius 3 is 2.05 bits per heavy atom. The van der Waals surface area contributed by atoms with E-state index in [9.17, 15) is 9.90 Å². The maximum Gasteiger partial charge on any atom is 0.253 e. The molecule has 0 radical (unpaired) electrons. The first-order valence-electron chi connectivity index (χ1n) is 7.04. The average molecular weight is 284 g/mol. The number of phenolic OH excluding ortho intramolecular Hbond substituents is 1. The highest BCUT2D eigenvalue weighted by Crippen LogP contribution is 2.22. The lowest BCUT2D eigenvalue weighted by atomic mass is 10.0. The minimum atomic E-state index is 0.000191. The van der Waals surface area contributed by atoms with Crippen LogP contribution in [0.2, 0.25) is 0 Å². The quantitative estimate of drug-likeness (QED) is 0.886. The Morgan fingerprint density at radius 1 is 1.05 bits per heavy atom. The number of hydrogen-bond donors (Lipinski definition) is 2. The van der Waals surface area contributed by atoms with Crippen molar-refractivity contribution in [1.29, 1.82) is 0 Å². The highest BCUT2D eigenvalue weighted by molar-refractivity contribution is 5.94. The summed E-state index contributed by atoms with van der Waals surface area (Å²) >= 11 is 0. The number of phenols is 1. The number of nitrogens with two attached hydrogens (primary N) is 1. The van der Waals surface area contributed by atoms with Gasteiger partial charge in [-0.25, -0.2) is 0 Å². The predicted octanol–water partition coefficient (Wildman–Crippen LogP) is 2.48. The zero-order chi connectivity index (χ0) is 15.2. The van der Waals surface area contributed by atoms with Gasteiger partial charge in [-0.15, -0.1) is 0 Å². The van der Waals surface area contributed by atoms with Gasteiger partial charge in [-0.2, -0.15) is 0 Å². The summed E-state index contributed by atoms with van der Waals surface area (Å²) in [6.45, 7) is 3.62. The van der Waals surface area contributed by atoms with Crippen LogP contribution in [-0.2, 0) is 0 Å². The minimum absolute atomic E-state index is 0.000191. The van der Waals surface area contributed by atoms with Crippen LogP contribution < -0.4 is 5.73 Å². The standard InChI is InChI=1S/C17H20N2O2/c1-2-19(12-11-18)17(21)15-5-3-13(4-6-15)14-7-9-16(20)10-8-14/h3-10,20H,2,11-12,18H2,1H3. The number of hydrogen-bond acceptors (Lipinski definition) is 3. The average Bonchev–Trinajstić information content (AvgIpc) is 2.53. The molecule has 0 bridgehead atoms. The van der Waals surface area contributed by atoms with E-state index in [4.69, 9.17) is 5.73 Å². The van der Waals surface area contributed by atoms with Crippen molar-refractivity contribution in [2.24, 2.45) is 5.73 Å². The molecule has 2 aromatic carbocycles. The van der Waals surface area contributed by atoms with Gasteiger partial charge in [-0.1, -0.05) is 24.3 Å². The van der Waals surface area contributed by atoms with E-state index in [1.54, 1.807) is 17.0 Å². The summed E-state index contributed by atoms with van der Waals surface area (Å²) in [6.07, 6.45) is 0. The molecule has 21 heavy (non-hydrogen) atoms. The van der Waals surface area contributed by atoms with E-state index in [2.05, 4.69) is 0 Å². The molecule has 3 N–H and O–H groups in total. The van der Waals surface area contributed by atoms with Crippen LogP contribution in [0, 0.1) is 0 Å². The van der Waals surface area contributed by atoms with Crippen molar-refractivity contribution in [3.8, 4) is 16.9 Å². The monoisotopic (exact) mass is 284 g/mol. The van der Waals surface area contributed by atoms with E-state index in [-0.39, 0.29) is 11.7 Å². The molecule has 0 aliphatic carbocycles. The van der Waals surface area contributed by atoms with Crippen molar-refractivity contribution in [2.45, 2.75) is 6.92 Å². The number of aromatic hydroxyl groups is 1. The molecule has 0 aliphatic heterocycles. The van der Waals surface area contributed by atoms with Crippen molar-refractivity contribution in [3.63, 3.8) is 0 Å². The first-order valence-corrected chi connectivity index (χ1v) is 7.04. The van der Waals surface area contributed by atoms with Crippen LogP contribution in [0.3, 0.4) is 0 Å². The van der Waals surface area contributed by atoms with Gasteiger partial charge in [0.2, 0.25) is 0 Å². The summed E-state index contributed by atoms with van der Waals surface area (Å²) in [5.74, 6) is 0.242. The van der Waals surface area contributed by atoms with Gasteiger partial charge in [-0.05, 0) is 42.3 Å². The second-order valence-corrected chi connectivity index (χ2v) is 4.80. The second-order valence-electron chi connectivity index (χ2n) is 4.80. The third-order valence-corrected chi connectivity index (χ3v) is 3.40. The SMILES string of the molecule is CCN(CCN)C(=O)c1ccc(-c2ccc(O)cc2)cc1. The molecule has 0 aromatic heterocycles. The van der Waals surface area contributed by atoms with Crippen molar-refractivity contribution in [1.82, 2.24) is 4.90 Å². The van der Waals surface area contributed by atoms with Crippen molar-refractivity contribution in [2.75, 3.05) is 19.6 Å². The maximum absolute atomic E-state index is 12.3. The Kier molecular flexibility index (Phi) is 4.95. The fourth-order valence-corrected chi connectivity index (χ4v) is 2.20. The summed E-state index contributed by atoms with van der Waals surface area (Å²) in [5.41, 5.74) is 8.19. The van der Waals surface area contributed by atoms with Gasteiger partial charge in [0.25, 0.3) is 5.91 Å². The fraction of sp³-hybridized carbons (Fsp3) is 0.235. The summed E-state index contributed by atoms with van der Waals surface area (Å²) in [7, 11) is 0. The van der Waals surface area contributed by atoms with Gasteiger partial charge >= 0.3 is 0 Å². The summed E-state index contributed by atoms with van der Waals surface area (Å²) in [6, 6.07) is 14.5. The molecule has 0 aliphatic rings. The van der Waals surface area contributed by atoms with Gasteiger partial charge in [-0.3, -0.25) is 4.79 Å². The predicted molar refractivity (Wildman–Crippen MR) is 84.2 cm³/mol. The van der Waals surface area contributed by atoms with Gasteiger partial charge in [0, 0.05) is 25.2 Å². The molecule has 0 saturated heterocycles. The molecule has 2 rings (SSSR count). The highest BCUT2D eigenvalue weighted by atomic mass is 16.3. The summed E-state index contributed by atoms with van der Waals surface area (Å²) < 4.78 is 0. The van der Waals surface area contributed by atoms with Gasteiger partial charge in [0.15, 0.2) is 0 Å². The molecule has 2 aromatic rings. The minimum Gasteiger partial charge on any atom is -0.508 e. The number of likely N-dealkylation sites (N-methyl/N-ethyl adjacent to an activating group) is 1. The van der Waals surface area contributed by atoms with Crippen LogP contribution in [0.1, 0.15) is 17.3 Å². The van der Waals surface area contributed by atoms with Crippen molar-refractivity contribution < 1.29 is 9.90 Å².